The molecule has 0 saturated carbocycles. The number of hydrogen-bond acceptors (Lipinski definition) is 6. The third kappa shape index (κ3) is 5.23. The van der Waals surface area contributed by atoms with Crippen LogP contribution in [0.2, 0.25) is 0 Å². The van der Waals surface area contributed by atoms with E-state index < -0.39 is 0 Å². The Bertz CT molecular complexity index is 1100. The average Bonchev–Trinajstić information content (AvgIpc) is 3.32. The summed E-state index contributed by atoms with van der Waals surface area (Å²) in [6.07, 6.45) is 3.58. The van der Waals surface area contributed by atoms with Gasteiger partial charge in [0.2, 0.25) is 0 Å². The molecule has 0 atom stereocenters. The standard InChI is InChI=1S/C25H28N4O4/c1-32-22-6-4-3-5-21(22)24(30)27-23-11-14-26-29(23)20-12-15-28(16-13-20)17-18-7-9-19(10-8-18)25(31)33-2/h3-11,14,20H,12-13,15-17H2,1-2H3,(H,27,30). The molecule has 1 aliphatic heterocycles. The monoisotopic (exact) mass is 448 g/mol. The number of amides is 1. The number of nitrogens with zero attached hydrogens (tertiary/aromatic N) is 3. The predicted molar refractivity (Wildman–Crippen MR) is 125 cm³/mol. The minimum atomic E-state index is -0.324. The molecule has 1 N–H and O–H groups in total. The van der Waals surface area contributed by atoms with E-state index in [-0.39, 0.29) is 17.9 Å². The van der Waals surface area contributed by atoms with Crippen LogP contribution in [0.3, 0.4) is 0 Å². The van der Waals surface area contributed by atoms with Crippen molar-refractivity contribution in [3.8, 4) is 5.75 Å². The molecule has 8 nitrogen and oxygen atoms in total. The SMILES string of the molecule is COC(=O)c1ccc(CN2CCC(n3nccc3NC(=O)c3ccccc3OC)CC2)cc1. The van der Waals surface area contributed by atoms with Crippen LogP contribution in [0, 0.1) is 0 Å². The lowest BCUT2D eigenvalue weighted by molar-refractivity contribution is 0.0600. The van der Waals surface area contributed by atoms with Gasteiger partial charge in [-0.3, -0.25) is 9.69 Å². The molecule has 0 unspecified atom stereocenters. The van der Waals surface area contributed by atoms with E-state index in [9.17, 15) is 9.59 Å². The van der Waals surface area contributed by atoms with Gasteiger partial charge in [-0.2, -0.15) is 5.10 Å². The van der Waals surface area contributed by atoms with Crippen LogP contribution in [0.15, 0.2) is 60.8 Å². The van der Waals surface area contributed by atoms with Gasteiger partial charge in [0.1, 0.15) is 11.6 Å². The topological polar surface area (TPSA) is 85.7 Å². The van der Waals surface area contributed by atoms with E-state index in [1.807, 2.05) is 35.0 Å². The van der Waals surface area contributed by atoms with Crippen LogP contribution in [0.4, 0.5) is 5.82 Å². The fraction of sp³-hybridized carbons (Fsp3) is 0.320. The Morgan fingerprint density at radius 2 is 1.76 bits per heavy atom. The first kappa shape index (κ1) is 22.5. The number of nitrogens with one attached hydrogen (secondary N) is 1. The summed E-state index contributed by atoms with van der Waals surface area (Å²) in [7, 11) is 2.94. The first-order chi connectivity index (χ1) is 16.1. The number of ether oxygens (including phenoxy) is 2. The van der Waals surface area contributed by atoms with Crippen LogP contribution in [-0.2, 0) is 11.3 Å². The predicted octanol–water partition coefficient (Wildman–Crippen LogP) is 3.77. The van der Waals surface area contributed by atoms with E-state index in [1.54, 1.807) is 37.6 Å². The third-order valence-corrected chi connectivity index (χ3v) is 5.95. The Labute approximate surface area is 193 Å². The maximum Gasteiger partial charge on any atom is 0.337 e. The molecule has 4 rings (SSSR count). The van der Waals surface area contributed by atoms with Crippen molar-refractivity contribution in [3.63, 3.8) is 0 Å². The molecule has 1 saturated heterocycles. The number of anilines is 1. The third-order valence-electron chi connectivity index (χ3n) is 5.95. The van der Waals surface area contributed by atoms with Gasteiger partial charge in [-0.1, -0.05) is 24.3 Å². The average molecular weight is 449 g/mol. The number of likely N-dealkylation sites (tertiary alicyclic amines) is 1. The summed E-state index contributed by atoms with van der Waals surface area (Å²) in [6, 6.07) is 16.7. The van der Waals surface area contributed by atoms with Gasteiger partial charge in [0.15, 0.2) is 0 Å². The summed E-state index contributed by atoms with van der Waals surface area (Å²) in [4.78, 5) is 26.8. The molecule has 0 bridgehead atoms. The number of piperidine rings is 1. The molecule has 2 heterocycles. The molecule has 1 amide bonds. The quantitative estimate of drug-likeness (QED) is 0.554. The second-order valence-corrected chi connectivity index (χ2v) is 8.01. The van der Waals surface area contributed by atoms with Crippen molar-refractivity contribution in [2.75, 3.05) is 32.6 Å². The first-order valence-electron chi connectivity index (χ1n) is 11.0. The summed E-state index contributed by atoms with van der Waals surface area (Å²) in [6.45, 7) is 2.66. The Hall–Kier alpha value is -3.65. The molecule has 1 aliphatic rings. The summed E-state index contributed by atoms with van der Waals surface area (Å²) in [5.74, 6) is 0.675. The molecule has 3 aromatic rings. The van der Waals surface area contributed by atoms with E-state index in [2.05, 4.69) is 15.3 Å². The molecule has 8 heteroatoms. The molecular formula is C25H28N4O4. The first-order valence-corrected chi connectivity index (χ1v) is 11.0. The van der Waals surface area contributed by atoms with Crippen molar-refractivity contribution < 1.29 is 19.1 Å². The maximum absolute atomic E-state index is 12.8. The number of carbonyl (C=O) groups is 2. The van der Waals surface area contributed by atoms with E-state index in [4.69, 9.17) is 9.47 Å². The molecule has 0 aliphatic carbocycles. The summed E-state index contributed by atoms with van der Waals surface area (Å²) >= 11 is 0. The zero-order valence-electron chi connectivity index (χ0n) is 18.9. The number of benzene rings is 2. The number of esters is 1. The van der Waals surface area contributed by atoms with Crippen molar-refractivity contribution in [2.45, 2.75) is 25.4 Å². The molecule has 1 aromatic heterocycles. The van der Waals surface area contributed by atoms with E-state index in [0.29, 0.717) is 22.7 Å². The van der Waals surface area contributed by atoms with Gasteiger partial charge >= 0.3 is 5.97 Å². The van der Waals surface area contributed by atoms with Crippen LogP contribution in [0.1, 0.15) is 45.2 Å². The number of methoxy groups -OCH3 is 2. The lowest BCUT2D eigenvalue weighted by Gasteiger charge is -2.32. The number of aromatic nitrogens is 2. The minimum absolute atomic E-state index is 0.214. The highest BCUT2D eigenvalue weighted by Crippen LogP contribution is 2.27. The summed E-state index contributed by atoms with van der Waals surface area (Å²) < 4.78 is 12.0. The van der Waals surface area contributed by atoms with Crippen LogP contribution in [0.5, 0.6) is 5.75 Å². The number of carbonyl (C=O) groups excluding carboxylic acids is 2. The second kappa shape index (κ2) is 10.3. The number of para-hydroxylation sites is 1. The number of rotatable bonds is 7. The van der Waals surface area contributed by atoms with Gasteiger partial charge in [-0.15, -0.1) is 0 Å². The van der Waals surface area contributed by atoms with Crippen molar-refractivity contribution in [1.29, 1.82) is 0 Å². The molecule has 1 fully saturated rings. The summed E-state index contributed by atoms with van der Waals surface area (Å²) in [5.41, 5.74) is 2.20. The van der Waals surface area contributed by atoms with Crippen LogP contribution < -0.4 is 10.1 Å². The Kier molecular flexibility index (Phi) is 7.04. The second-order valence-electron chi connectivity index (χ2n) is 8.01. The molecular weight excluding hydrogens is 420 g/mol. The molecule has 33 heavy (non-hydrogen) atoms. The smallest absolute Gasteiger partial charge is 0.337 e. The van der Waals surface area contributed by atoms with Crippen molar-refractivity contribution in [1.82, 2.24) is 14.7 Å². The van der Waals surface area contributed by atoms with Gasteiger partial charge in [0.25, 0.3) is 5.91 Å². The lowest BCUT2D eigenvalue weighted by Crippen LogP contribution is -2.35. The van der Waals surface area contributed by atoms with Crippen molar-refractivity contribution in [2.24, 2.45) is 0 Å². The molecule has 0 radical (unpaired) electrons. The van der Waals surface area contributed by atoms with Gasteiger partial charge < -0.3 is 14.8 Å². The number of hydrogen-bond donors (Lipinski definition) is 1. The Balaban J connectivity index is 1.35. The van der Waals surface area contributed by atoms with E-state index in [1.165, 1.54) is 7.11 Å². The van der Waals surface area contributed by atoms with Gasteiger partial charge in [0, 0.05) is 25.7 Å². The van der Waals surface area contributed by atoms with E-state index in [0.717, 1.165) is 38.0 Å². The van der Waals surface area contributed by atoms with Gasteiger partial charge in [-0.25, -0.2) is 9.48 Å². The Morgan fingerprint density at radius 1 is 1.03 bits per heavy atom. The highest BCUT2D eigenvalue weighted by atomic mass is 16.5. The van der Waals surface area contributed by atoms with Crippen LogP contribution in [0.25, 0.3) is 0 Å². The van der Waals surface area contributed by atoms with Gasteiger partial charge in [0.05, 0.1) is 37.6 Å². The zero-order chi connectivity index (χ0) is 23.2. The maximum atomic E-state index is 12.8. The van der Waals surface area contributed by atoms with Crippen LogP contribution in [-0.4, -0.2) is 53.9 Å². The zero-order valence-corrected chi connectivity index (χ0v) is 18.9. The van der Waals surface area contributed by atoms with Crippen molar-refractivity contribution >= 4 is 17.7 Å². The molecule has 0 spiro atoms. The van der Waals surface area contributed by atoms with Crippen LogP contribution >= 0.6 is 0 Å². The minimum Gasteiger partial charge on any atom is -0.496 e. The normalized spacial score (nSPS) is 14.6. The van der Waals surface area contributed by atoms with Gasteiger partial charge in [-0.05, 0) is 42.7 Å². The van der Waals surface area contributed by atoms with Crippen molar-refractivity contribution in [3.05, 3.63) is 77.5 Å². The lowest BCUT2D eigenvalue weighted by atomic mass is 10.0. The fourth-order valence-electron chi connectivity index (χ4n) is 4.16. The Morgan fingerprint density at radius 3 is 2.45 bits per heavy atom. The molecule has 172 valence electrons. The highest BCUT2D eigenvalue weighted by Gasteiger charge is 2.24. The fourth-order valence-corrected chi connectivity index (χ4v) is 4.16. The largest absolute Gasteiger partial charge is 0.496 e. The highest BCUT2D eigenvalue weighted by molar-refractivity contribution is 6.05. The molecule has 2 aromatic carbocycles. The van der Waals surface area contributed by atoms with E-state index >= 15 is 0 Å². The summed E-state index contributed by atoms with van der Waals surface area (Å²) in [5, 5.41) is 7.46.